The Hall–Kier alpha value is -0.520. The summed E-state index contributed by atoms with van der Waals surface area (Å²) in [7, 11) is 0. The molecule has 5 heteroatoms. The van der Waals surface area contributed by atoms with Crippen molar-refractivity contribution in [1.82, 2.24) is 14.9 Å². The van der Waals surface area contributed by atoms with Gasteiger partial charge in [0.05, 0.1) is 17.2 Å². The molecular weight excluding hydrogens is 210 g/mol. The summed E-state index contributed by atoms with van der Waals surface area (Å²) >= 11 is 1.42. The molecule has 0 amide bonds. The second kappa shape index (κ2) is 5.01. The first-order chi connectivity index (χ1) is 6.95. The molecule has 0 saturated carbocycles. The van der Waals surface area contributed by atoms with Gasteiger partial charge in [0.2, 0.25) is 0 Å². The average molecular weight is 229 g/mol. The van der Waals surface area contributed by atoms with Gasteiger partial charge < -0.3 is 10.4 Å². The number of hydrogen-bond donors (Lipinski definition) is 2. The number of nitrogens with zero attached hydrogens (tertiary/aromatic N) is 2. The van der Waals surface area contributed by atoms with Gasteiger partial charge in [0.1, 0.15) is 0 Å². The van der Waals surface area contributed by atoms with Gasteiger partial charge in [0.25, 0.3) is 0 Å². The highest BCUT2D eigenvalue weighted by atomic mass is 32.1. The Morgan fingerprint density at radius 2 is 2.13 bits per heavy atom. The molecule has 0 aromatic carbocycles. The molecule has 1 heterocycles. The third-order valence-electron chi connectivity index (χ3n) is 2.15. The molecule has 1 aromatic heterocycles. The van der Waals surface area contributed by atoms with Gasteiger partial charge in [0.15, 0.2) is 0 Å². The van der Waals surface area contributed by atoms with E-state index in [4.69, 9.17) is 5.11 Å². The molecule has 1 aromatic rings. The first-order valence-electron chi connectivity index (χ1n) is 5.11. The minimum Gasteiger partial charge on any atom is -0.395 e. The molecular formula is C10H19N3OS. The second-order valence-corrected chi connectivity index (χ2v) is 5.60. The molecule has 4 nitrogen and oxygen atoms in total. The van der Waals surface area contributed by atoms with E-state index >= 15 is 0 Å². The van der Waals surface area contributed by atoms with Crippen LogP contribution in [0.1, 0.15) is 38.3 Å². The molecule has 0 aliphatic heterocycles. The van der Waals surface area contributed by atoms with Crippen LogP contribution in [0.25, 0.3) is 0 Å². The molecule has 1 unspecified atom stereocenters. The van der Waals surface area contributed by atoms with E-state index in [0.717, 1.165) is 17.1 Å². The SMILES string of the molecule is CC(CO)NCc1snnc1C(C)(C)C. The van der Waals surface area contributed by atoms with Crippen molar-refractivity contribution >= 4 is 11.5 Å². The molecule has 0 radical (unpaired) electrons. The van der Waals surface area contributed by atoms with E-state index in [0.29, 0.717) is 0 Å². The van der Waals surface area contributed by atoms with Crippen LogP contribution < -0.4 is 5.32 Å². The van der Waals surface area contributed by atoms with E-state index < -0.39 is 0 Å². The minimum atomic E-state index is 0.0342. The summed E-state index contributed by atoms with van der Waals surface area (Å²) in [5.74, 6) is 0. The van der Waals surface area contributed by atoms with Crippen LogP contribution in [0.15, 0.2) is 0 Å². The van der Waals surface area contributed by atoms with Crippen molar-refractivity contribution in [2.75, 3.05) is 6.61 Å². The molecule has 1 rings (SSSR count). The van der Waals surface area contributed by atoms with Crippen molar-refractivity contribution in [2.24, 2.45) is 0 Å². The fourth-order valence-electron chi connectivity index (χ4n) is 1.23. The molecule has 86 valence electrons. The third kappa shape index (κ3) is 3.52. The van der Waals surface area contributed by atoms with Crippen LogP contribution in [0.5, 0.6) is 0 Å². The Kier molecular flexibility index (Phi) is 4.19. The zero-order valence-corrected chi connectivity index (χ0v) is 10.6. The maximum atomic E-state index is 8.90. The largest absolute Gasteiger partial charge is 0.395 e. The second-order valence-electron chi connectivity index (χ2n) is 4.76. The zero-order valence-electron chi connectivity index (χ0n) is 9.74. The van der Waals surface area contributed by atoms with Crippen molar-refractivity contribution in [3.05, 3.63) is 10.6 Å². The van der Waals surface area contributed by atoms with E-state index in [9.17, 15) is 0 Å². The van der Waals surface area contributed by atoms with E-state index in [1.54, 1.807) is 0 Å². The third-order valence-corrected chi connectivity index (χ3v) is 2.87. The molecule has 0 aliphatic carbocycles. The van der Waals surface area contributed by atoms with Gasteiger partial charge in [-0.1, -0.05) is 25.3 Å². The van der Waals surface area contributed by atoms with Gasteiger partial charge in [-0.25, -0.2) is 0 Å². The summed E-state index contributed by atoms with van der Waals surface area (Å²) in [5, 5.41) is 16.3. The normalized spacial score (nSPS) is 14.2. The van der Waals surface area contributed by atoms with Crippen molar-refractivity contribution < 1.29 is 5.11 Å². The lowest BCUT2D eigenvalue weighted by molar-refractivity contribution is 0.251. The summed E-state index contributed by atoms with van der Waals surface area (Å²) in [5.41, 5.74) is 1.08. The number of nitrogens with one attached hydrogen (secondary N) is 1. The Morgan fingerprint density at radius 1 is 1.47 bits per heavy atom. The van der Waals surface area contributed by atoms with Gasteiger partial charge in [-0.3, -0.25) is 0 Å². The number of rotatable bonds is 4. The van der Waals surface area contributed by atoms with Crippen molar-refractivity contribution in [2.45, 2.75) is 45.7 Å². The van der Waals surface area contributed by atoms with Gasteiger partial charge in [-0.2, -0.15) is 0 Å². The maximum absolute atomic E-state index is 8.90. The molecule has 0 saturated heterocycles. The van der Waals surface area contributed by atoms with Crippen LogP contribution in [0.2, 0.25) is 0 Å². The van der Waals surface area contributed by atoms with E-state index in [2.05, 4.69) is 35.7 Å². The van der Waals surface area contributed by atoms with E-state index in [1.165, 1.54) is 11.5 Å². The maximum Gasteiger partial charge on any atom is 0.0854 e. The fraction of sp³-hybridized carbons (Fsp3) is 0.800. The van der Waals surface area contributed by atoms with E-state index in [-0.39, 0.29) is 18.1 Å². The summed E-state index contributed by atoms with van der Waals surface area (Å²) in [6.07, 6.45) is 0. The van der Waals surface area contributed by atoms with Crippen LogP contribution in [-0.4, -0.2) is 27.3 Å². The van der Waals surface area contributed by atoms with Crippen LogP contribution in [0.3, 0.4) is 0 Å². The highest BCUT2D eigenvalue weighted by Crippen LogP contribution is 2.25. The summed E-state index contributed by atoms with van der Waals surface area (Å²) in [4.78, 5) is 1.16. The van der Waals surface area contributed by atoms with Crippen LogP contribution >= 0.6 is 11.5 Å². The monoisotopic (exact) mass is 229 g/mol. The lowest BCUT2D eigenvalue weighted by Crippen LogP contribution is -2.29. The molecule has 0 bridgehead atoms. The first kappa shape index (κ1) is 12.5. The van der Waals surface area contributed by atoms with Crippen LogP contribution in [-0.2, 0) is 12.0 Å². The number of aromatic nitrogens is 2. The Labute approximate surface area is 94.9 Å². The number of aliphatic hydroxyl groups is 1. The van der Waals surface area contributed by atoms with Crippen LogP contribution in [0.4, 0.5) is 0 Å². The van der Waals surface area contributed by atoms with Gasteiger partial charge >= 0.3 is 0 Å². The lowest BCUT2D eigenvalue weighted by Gasteiger charge is -2.17. The predicted octanol–water partition coefficient (Wildman–Crippen LogP) is 1.31. The predicted molar refractivity (Wildman–Crippen MR) is 62.0 cm³/mol. The van der Waals surface area contributed by atoms with Crippen molar-refractivity contribution in [3.8, 4) is 0 Å². The van der Waals surface area contributed by atoms with Crippen molar-refractivity contribution in [1.29, 1.82) is 0 Å². The quantitative estimate of drug-likeness (QED) is 0.817. The van der Waals surface area contributed by atoms with Gasteiger partial charge in [-0.05, 0) is 18.5 Å². The standard InChI is InChI=1S/C10H19N3OS/c1-7(6-14)11-5-8-9(10(2,3)4)12-13-15-8/h7,11,14H,5-6H2,1-4H3. The zero-order chi connectivity index (χ0) is 11.5. The summed E-state index contributed by atoms with van der Waals surface area (Å²) < 4.78 is 3.98. The minimum absolute atomic E-state index is 0.0342. The number of aliphatic hydroxyl groups excluding tert-OH is 1. The summed E-state index contributed by atoms with van der Waals surface area (Å²) in [6, 6.07) is 0.111. The highest BCUT2D eigenvalue weighted by molar-refractivity contribution is 7.05. The highest BCUT2D eigenvalue weighted by Gasteiger charge is 2.22. The Bertz CT molecular complexity index is 306. The van der Waals surface area contributed by atoms with Gasteiger partial charge in [0, 0.05) is 18.0 Å². The topological polar surface area (TPSA) is 58.0 Å². The molecule has 2 N–H and O–H groups in total. The van der Waals surface area contributed by atoms with Gasteiger partial charge in [-0.15, -0.1) is 5.10 Å². The Morgan fingerprint density at radius 3 is 2.67 bits per heavy atom. The molecule has 0 aliphatic rings. The fourth-order valence-corrected chi connectivity index (χ4v) is 2.03. The Balaban J connectivity index is 2.66. The smallest absolute Gasteiger partial charge is 0.0854 e. The molecule has 1 atom stereocenters. The molecule has 0 spiro atoms. The number of hydrogen-bond acceptors (Lipinski definition) is 5. The van der Waals surface area contributed by atoms with Crippen molar-refractivity contribution in [3.63, 3.8) is 0 Å². The average Bonchev–Trinajstić information content (AvgIpc) is 2.61. The van der Waals surface area contributed by atoms with Crippen LogP contribution in [0, 0.1) is 0 Å². The lowest BCUT2D eigenvalue weighted by atomic mass is 9.91. The summed E-state index contributed by atoms with van der Waals surface area (Å²) in [6.45, 7) is 9.21. The van der Waals surface area contributed by atoms with E-state index in [1.807, 2.05) is 6.92 Å². The molecule has 0 fully saturated rings. The first-order valence-corrected chi connectivity index (χ1v) is 5.88. The molecule has 15 heavy (non-hydrogen) atoms.